The van der Waals surface area contributed by atoms with Crippen molar-refractivity contribution in [3.05, 3.63) is 0 Å². The Hall–Kier alpha value is 4.78. The molecule has 0 aliphatic carbocycles. The van der Waals surface area contributed by atoms with Crippen LogP contribution in [0.2, 0.25) is 0 Å². The fourth-order valence-electron chi connectivity index (χ4n) is 0. The predicted octanol–water partition coefficient (Wildman–Crippen LogP) is -2.75. The van der Waals surface area contributed by atoms with Crippen LogP contribution in [0.4, 0.5) is 0 Å². The molecule has 0 rings (SSSR count). The molecule has 0 aromatic rings. The maximum atomic E-state index is 9.00. The first-order valence-corrected chi connectivity index (χ1v) is 1.86. The van der Waals surface area contributed by atoms with E-state index in [9.17, 15) is 0 Å². The van der Waals surface area contributed by atoms with E-state index in [0.717, 1.165) is 13.8 Å². The Morgan fingerprint density at radius 3 is 0.933 bits per heavy atom. The van der Waals surface area contributed by atoms with Gasteiger partial charge in [-0.15, -0.1) is 24.8 Å². The van der Waals surface area contributed by atoms with Crippen LogP contribution in [0.1, 0.15) is 13.8 Å². The Balaban J connectivity index is -0.00000000468. The van der Waals surface area contributed by atoms with Gasteiger partial charge in [0.1, 0.15) is 0 Å². The number of rotatable bonds is 0. The van der Waals surface area contributed by atoms with Crippen LogP contribution in [0.5, 0.6) is 0 Å². The summed E-state index contributed by atoms with van der Waals surface area (Å²) in [6.45, 7) is 2.17. The van der Waals surface area contributed by atoms with Crippen LogP contribution in [0.3, 0.4) is 0 Å². The van der Waals surface area contributed by atoms with Crippen molar-refractivity contribution in [2.24, 2.45) is 0 Å². The molecule has 0 bridgehead atoms. The van der Waals surface area contributed by atoms with Gasteiger partial charge in [-0.2, -0.15) is 0 Å². The number of carboxylic acid groups (broad SMARTS) is 2. The van der Waals surface area contributed by atoms with Crippen LogP contribution in [0, 0.1) is 0 Å². The Labute approximate surface area is 225 Å². The quantitative estimate of drug-likeness (QED) is 0.471. The summed E-state index contributed by atoms with van der Waals surface area (Å²) in [6.07, 6.45) is 0. The minimum atomic E-state index is -0.833. The van der Waals surface area contributed by atoms with E-state index in [2.05, 4.69) is 0 Å². The number of carbonyl (C=O) groups is 2. The summed E-state index contributed by atoms with van der Waals surface area (Å²) in [5.74, 6) is -1.67. The molecule has 0 radical (unpaired) electrons. The van der Waals surface area contributed by atoms with Gasteiger partial charge in [-0.3, -0.25) is 9.59 Å². The summed E-state index contributed by atoms with van der Waals surface area (Å²) in [4.78, 5) is 18.0. The predicted molar refractivity (Wildman–Crippen MR) is 79.7 cm³/mol. The van der Waals surface area contributed by atoms with E-state index in [1.807, 2.05) is 0 Å². The monoisotopic (exact) mass is 332 g/mol. The molecule has 0 saturated carbocycles. The number of aliphatic carboxylic acids is 2. The van der Waals surface area contributed by atoms with Crippen LogP contribution in [0.15, 0.2) is 0 Å². The van der Waals surface area contributed by atoms with Gasteiger partial charge in [0.05, 0.1) is 0 Å². The van der Waals surface area contributed by atoms with Crippen LogP contribution in [-0.4, -0.2) is 183 Å². The third kappa shape index (κ3) is 231. The molecule has 2 N–H and O–H groups in total. The average Bonchev–Trinajstić information content (AvgIpc) is 1.25. The van der Waals surface area contributed by atoms with Crippen molar-refractivity contribution in [3.8, 4) is 0 Å². The molecule has 0 aliphatic rings. The van der Waals surface area contributed by atoms with E-state index in [4.69, 9.17) is 19.8 Å². The van der Waals surface area contributed by atoms with Crippen molar-refractivity contribution >= 4 is 197 Å². The van der Waals surface area contributed by atoms with Crippen molar-refractivity contribution in [1.82, 2.24) is 0 Å². The standard InChI is InChI=1S/2C2H4O2.Ca.2ClH.K.Li.Mg.Na.7H/c2*1-2(3)4;;;;;;;;;;;;;;/h2*1H3,(H,3,4);;2*1H;;;;;;;;;;;. The number of hydrogen-bond donors (Lipinski definition) is 2. The van der Waals surface area contributed by atoms with E-state index in [0.29, 0.717) is 0 Å². The zero-order valence-corrected chi connectivity index (χ0v) is 7.16. The zero-order valence-electron chi connectivity index (χ0n) is 5.53. The second kappa shape index (κ2) is 51.1. The molecule has 78 valence electrons. The minimum absolute atomic E-state index is 0. The number of hydrogen-bond acceptors (Lipinski definition) is 2. The third-order valence-corrected chi connectivity index (χ3v) is 0. The van der Waals surface area contributed by atoms with Gasteiger partial charge in [-0.25, -0.2) is 0 Å². The maximum absolute atomic E-state index is 9.00. The molecular formula is C4H17CaCl2KLiMgNaO4. The van der Waals surface area contributed by atoms with Gasteiger partial charge in [0.2, 0.25) is 0 Å². The van der Waals surface area contributed by atoms with Gasteiger partial charge in [-0.05, 0) is 0 Å². The van der Waals surface area contributed by atoms with Gasteiger partial charge in [0.25, 0.3) is 11.9 Å². The second-order valence-electron chi connectivity index (χ2n) is 1.04. The third-order valence-electron chi connectivity index (χ3n) is 0. The molecule has 11 heteroatoms. The molecule has 0 saturated heterocycles. The molecule has 0 aromatic heterocycles. The second-order valence-corrected chi connectivity index (χ2v) is 1.04. The Morgan fingerprint density at radius 1 is 0.933 bits per heavy atom. The Kier molecular flexibility index (Phi) is 204. The molecule has 0 amide bonds. The van der Waals surface area contributed by atoms with Crippen molar-refractivity contribution in [2.45, 2.75) is 13.8 Å². The first kappa shape index (κ1) is 60.0. The molecule has 0 aromatic carbocycles. The van der Waals surface area contributed by atoms with Crippen LogP contribution in [0.25, 0.3) is 0 Å². The summed E-state index contributed by atoms with van der Waals surface area (Å²) in [6, 6.07) is 0. The fraction of sp³-hybridized carbons (Fsp3) is 0.500. The molecule has 0 aliphatic heterocycles. The molecule has 0 fully saturated rings. The van der Waals surface area contributed by atoms with Crippen LogP contribution < -0.4 is 0 Å². The molecule has 4 nitrogen and oxygen atoms in total. The van der Waals surface area contributed by atoms with Crippen molar-refractivity contribution in [2.75, 3.05) is 0 Å². The average molecular weight is 333 g/mol. The Bertz CT molecular complexity index is 98.6. The van der Waals surface area contributed by atoms with Crippen LogP contribution in [-0.2, 0) is 9.59 Å². The number of carboxylic acids is 2. The molecule has 0 atom stereocenters. The van der Waals surface area contributed by atoms with Crippen molar-refractivity contribution in [1.29, 1.82) is 0 Å². The SMILES string of the molecule is CC(=O)O.CC(=O)O.Cl.Cl.[CaH2].[KH].[LiH].[MgH2].[NaH]. The van der Waals surface area contributed by atoms with Gasteiger partial charge >= 0.3 is 161 Å². The summed E-state index contributed by atoms with van der Waals surface area (Å²) < 4.78 is 0. The zero-order chi connectivity index (χ0) is 7.15. The molecule has 0 spiro atoms. The summed E-state index contributed by atoms with van der Waals surface area (Å²) in [5.41, 5.74) is 0. The first-order chi connectivity index (χ1) is 3.46. The molecule has 15 heavy (non-hydrogen) atoms. The summed E-state index contributed by atoms with van der Waals surface area (Å²) in [7, 11) is 0. The van der Waals surface area contributed by atoms with Crippen LogP contribution >= 0.6 is 24.8 Å². The normalized spacial score (nSPS) is 3.33. The van der Waals surface area contributed by atoms with E-state index in [1.165, 1.54) is 0 Å². The van der Waals surface area contributed by atoms with E-state index in [1.54, 1.807) is 0 Å². The molecule has 0 unspecified atom stereocenters. The van der Waals surface area contributed by atoms with Gasteiger partial charge in [0.15, 0.2) is 0 Å². The first-order valence-electron chi connectivity index (χ1n) is 1.86. The molecule has 0 heterocycles. The topological polar surface area (TPSA) is 74.6 Å². The fourth-order valence-corrected chi connectivity index (χ4v) is 0. The van der Waals surface area contributed by atoms with Gasteiger partial charge in [0, 0.05) is 13.8 Å². The molecular weight excluding hydrogens is 316 g/mol. The van der Waals surface area contributed by atoms with Crippen molar-refractivity contribution < 1.29 is 19.8 Å². The number of halogens is 2. The van der Waals surface area contributed by atoms with Gasteiger partial charge < -0.3 is 10.2 Å². The van der Waals surface area contributed by atoms with E-state index in [-0.39, 0.29) is 185 Å². The van der Waals surface area contributed by atoms with E-state index < -0.39 is 11.9 Å². The summed E-state index contributed by atoms with van der Waals surface area (Å²) in [5, 5.41) is 14.8. The Morgan fingerprint density at radius 2 is 0.933 bits per heavy atom. The summed E-state index contributed by atoms with van der Waals surface area (Å²) >= 11 is 0. The van der Waals surface area contributed by atoms with E-state index >= 15 is 0 Å². The van der Waals surface area contributed by atoms with Crippen molar-refractivity contribution in [3.63, 3.8) is 0 Å². The van der Waals surface area contributed by atoms with Gasteiger partial charge in [-0.1, -0.05) is 0 Å².